The molecular weight excluding hydrogens is 356 g/mol. The van der Waals surface area contributed by atoms with E-state index in [4.69, 9.17) is 16.3 Å². The molecule has 1 saturated carbocycles. The lowest BCUT2D eigenvalue weighted by Gasteiger charge is -2.36. The Bertz CT molecular complexity index is 650. The number of rotatable bonds is 7. The fourth-order valence-electron chi connectivity index (χ4n) is 3.21. The first-order valence-electron chi connectivity index (χ1n) is 9.13. The van der Waals surface area contributed by atoms with Crippen molar-refractivity contribution in [3.8, 4) is 0 Å². The topological polar surface area (TPSA) is 87.7 Å². The number of carbonyl (C=O) groups is 2. The lowest BCUT2D eigenvalue weighted by atomic mass is 9.96. The molecule has 2 aliphatic rings. The largest absolute Gasteiger partial charge is 0.394 e. The maximum Gasteiger partial charge on any atom is 0.223 e. The van der Waals surface area contributed by atoms with Gasteiger partial charge in [0, 0.05) is 17.5 Å². The maximum absolute atomic E-state index is 12.2. The molecule has 3 N–H and O–H groups in total. The molecule has 26 heavy (non-hydrogen) atoms. The molecular formula is C19H25ClN2O4. The van der Waals surface area contributed by atoms with Crippen LogP contribution in [-0.4, -0.2) is 41.8 Å². The number of benzene rings is 1. The van der Waals surface area contributed by atoms with Crippen LogP contribution in [0.3, 0.4) is 0 Å². The van der Waals surface area contributed by atoms with Crippen LogP contribution in [0, 0.1) is 5.92 Å². The first kappa shape index (κ1) is 19.1. The minimum absolute atomic E-state index is 0.0491. The number of halogens is 1. The highest BCUT2D eigenvalue weighted by Gasteiger charge is 2.36. The zero-order valence-electron chi connectivity index (χ0n) is 14.6. The summed E-state index contributed by atoms with van der Waals surface area (Å²) in [7, 11) is 0. The van der Waals surface area contributed by atoms with Crippen LogP contribution < -0.4 is 10.6 Å². The molecule has 1 aromatic rings. The average Bonchev–Trinajstić information content (AvgIpc) is 3.47. The number of nitrogens with one attached hydrogen (secondary N) is 2. The summed E-state index contributed by atoms with van der Waals surface area (Å²) in [4.78, 5) is 24.1. The zero-order chi connectivity index (χ0) is 18.5. The molecule has 1 aliphatic carbocycles. The minimum Gasteiger partial charge on any atom is -0.394 e. The standard InChI is InChI=1S/C19H25ClN2O4/c20-15-4-2-1-3-13(15)10-21-18(24)9-14-7-8-16(17(11-23)26-14)22-19(25)12-5-6-12/h1-4,12,14,16-17,23H,5-11H2,(H,21,24)(H,22,25)/t14-,16-,17-/m0/s1. The molecule has 2 amide bonds. The first-order valence-corrected chi connectivity index (χ1v) is 9.51. The van der Waals surface area contributed by atoms with E-state index in [2.05, 4.69) is 10.6 Å². The molecule has 2 fully saturated rings. The van der Waals surface area contributed by atoms with Crippen LogP contribution in [0.4, 0.5) is 0 Å². The SMILES string of the molecule is O=C(C[C@@H]1CC[C@H](NC(=O)C2CC2)[C@H](CO)O1)NCc1ccccc1Cl. The van der Waals surface area contributed by atoms with Gasteiger partial charge in [0.25, 0.3) is 0 Å². The molecule has 0 unspecified atom stereocenters. The van der Waals surface area contributed by atoms with Crippen molar-refractivity contribution in [2.24, 2.45) is 5.92 Å². The number of amides is 2. The Hall–Kier alpha value is -1.63. The molecule has 0 spiro atoms. The van der Waals surface area contributed by atoms with E-state index >= 15 is 0 Å². The van der Waals surface area contributed by atoms with Gasteiger partial charge in [0.2, 0.25) is 11.8 Å². The Kier molecular flexibility index (Phi) is 6.51. The average molecular weight is 381 g/mol. The number of aliphatic hydroxyl groups excluding tert-OH is 1. The Morgan fingerprint density at radius 2 is 1.96 bits per heavy atom. The molecule has 0 aromatic heterocycles. The smallest absolute Gasteiger partial charge is 0.223 e. The summed E-state index contributed by atoms with van der Waals surface area (Å²) >= 11 is 6.08. The van der Waals surface area contributed by atoms with Crippen LogP contribution in [-0.2, 0) is 20.9 Å². The van der Waals surface area contributed by atoms with Gasteiger partial charge in [0.1, 0.15) is 6.10 Å². The molecule has 1 saturated heterocycles. The summed E-state index contributed by atoms with van der Waals surface area (Å²) in [5.41, 5.74) is 0.864. The molecule has 1 heterocycles. The molecule has 7 heteroatoms. The second-order valence-electron chi connectivity index (χ2n) is 7.02. The van der Waals surface area contributed by atoms with Crippen LogP contribution in [0.5, 0.6) is 0 Å². The third kappa shape index (κ3) is 5.19. The van der Waals surface area contributed by atoms with Crippen LogP contribution in [0.2, 0.25) is 5.02 Å². The van der Waals surface area contributed by atoms with Crippen molar-refractivity contribution in [1.82, 2.24) is 10.6 Å². The lowest BCUT2D eigenvalue weighted by Crippen LogP contribution is -2.51. The van der Waals surface area contributed by atoms with Crippen molar-refractivity contribution in [1.29, 1.82) is 0 Å². The molecule has 6 nitrogen and oxygen atoms in total. The van der Waals surface area contributed by atoms with Gasteiger partial charge in [-0.1, -0.05) is 29.8 Å². The lowest BCUT2D eigenvalue weighted by molar-refractivity contribution is -0.136. The zero-order valence-corrected chi connectivity index (χ0v) is 15.4. The highest BCUT2D eigenvalue weighted by Crippen LogP contribution is 2.30. The van der Waals surface area contributed by atoms with Crippen molar-refractivity contribution in [3.63, 3.8) is 0 Å². The van der Waals surface area contributed by atoms with Gasteiger partial charge in [-0.15, -0.1) is 0 Å². The van der Waals surface area contributed by atoms with E-state index in [1.54, 1.807) is 6.07 Å². The molecule has 0 bridgehead atoms. The van der Waals surface area contributed by atoms with Crippen LogP contribution in [0.1, 0.15) is 37.7 Å². The summed E-state index contributed by atoms with van der Waals surface area (Å²) in [6, 6.07) is 7.19. The maximum atomic E-state index is 12.2. The summed E-state index contributed by atoms with van der Waals surface area (Å²) in [5, 5.41) is 16.0. The molecule has 142 valence electrons. The third-order valence-electron chi connectivity index (χ3n) is 4.92. The predicted octanol–water partition coefficient (Wildman–Crippen LogP) is 1.78. The molecule has 1 aromatic carbocycles. The van der Waals surface area contributed by atoms with E-state index in [1.165, 1.54) is 0 Å². The van der Waals surface area contributed by atoms with Gasteiger partial charge < -0.3 is 20.5 Å². The number of ether oxygens (including phenoxy) is 1. The molecule has 3 rings (SSSR count). The Balaban J connectivity index is 1.44. The third-order valence-corrected chi connectivity index (χ3v) is 5.29. The predicted molar refractivity (Wildman–Crippen MR) is 97.6 cm³/mol. The van der Waals surface area contributed by atoms with E-state index in [9.17, 15) is 14.7 Å². The number of hydrogen-bond acceptors (Lipinski definition) is 4. The number of hydrogen-bond donors (Lipinski definition) is 3. The summed E-state index contributed by atoms with van der Waals surface area (Å²) < 4.78 is 5.84. The summed E-state index contributed by atoms with van der Waals surface area (Å²) in [5.74, 6) is 0.0581. The van der Waals surface area contributed by atoms with Crippen molar-refractivity contribution in [2.45, 2.75) is 56.9 Å². The number of aliphatic hydroxyl groups is 1. The van der Waals surface area contributed by atoms with E-state index < -0.39 is 6.10 Å². The Morgan fingerprint density at radius 3 is 2.65 bits per heavy atom. The van der Waals surface area contributed by atoms with E-state index in [0.717, 1.165) is 18.4 Å². The molecule has 0 radical (unpaired) electrons. The monoisotopic (exact) mass is 380 g/mol. The summed E-state index contributed by atoms with van der Waals surface area (Å²) in [6.07, 6.45) is 2.76. The van der Waals surface area contributed by atoms with E-state index in [-0.39, 0.29) is 42.9 Å². The normalized spacial score (nSPS) is 25.5. The van der Waals surface area contributed by atoms with Crippen molar-refractivity contribution in [2.75, 3.05) is 6.61 Å². The van der Waals surface area contributed by atoms with Crippen molar-refractivity contribution >= 4 is 23.4 Å². The highest BCUT2D eigenvalue weighted by atomic mass is 35.5. The van der Waals surface area contributed by atoms with Crippen molar-refractivity contribution in [3.05, 3.63) is 34.9 Å². The van der Waals surface area contributed by atoms with Crippen LogP contribution >= 0.6 is 11.6 Å². The Labute approximate surface area is 158 Å². The van der Waals surface area contributed by atoms with E-state index in [1.807, 2.05) is 18.2 Å². The van der Waals surface area contributed by atoms with Gasteiger partial charge in [-0.3, -0.25) is 9.59 Å². The van der Waals surface area contributed by atoms with E-state index in [0.29, 0.717) is 24.4 Å². The molecule has 1 aliphatic heterocycles. The highest BCUT2D eigenvalue weighted by molar-refractivity contribution is 6.31. The van der Waals surface area contributed by atoms with Gasteiger partial charge in [-0.2, -0.15) is 0 Å². The fraction of sp³-hybridized carbons (Fsp3) is 0.579. The second kappa shape index (κ2) is 8.84. The second-order valence-corrected chi connectivity index (χ2v) is 7.43. The first-order chi connectivity index (χ1) is 12.6. The minimum atomic E-state index is -0.465. The Morgan fingerprint density at radius 1 is 1.19 bits per heavy atom. The van der Waals surface area contributed by atoms with Gasteiger partial charge >= 0.3 is 0 Å². The van der Waals surface area contributed by atoms with Crippen LogP contribution in [0.25, 0.3) is 0 Å². The van der Waals surface area contributed by atoms with Gasteiger partial charge in [0.15, 0.2) is 0 Å². The van der Waals surface area contributed by atoms with Gasteiger partial charge in [0.05, 0.1) is 25.2 Å². The summed E-state index contributed by atoms with van der Waals surface area (Å²) in [6.45, 7) is 0.197. The number of carbonyl (C=O) groups excluding carboxylic acids is 2. The quantitative estimate of drug-likeness (QED) is 0.673. The van der Waals surface area contributed by atoms with Crippen molar-refractivity contribution < 1.29 is 19.4 Å². The van der Waals surface area contributed by atoms with Crippen LogP contribution in [0.15, 0.2) is 24.3 Å². The van der Waals surface area contributed by atoms with Gasteiger partial charge in [-0.25, -0.2) is 0 Å². The van der Waals surface area contributed by atoms with Gasteiger partial charge in [-0.05, 0) is 37.3 Å². The molecule has 3 atom stereocenters. The fourth-order valence-corrected chi connectivity index (χ4v) is 3.41.